The minimum atomic E-state index is 0.241. The summed E-state index contributed by atoms with van der Waals surface area (Å²) in [7, 11) is 0. The lowest BCUT2D eigenvalue weighted by molar-refractivity contribution is 0.0904. The van der Waals surface area contributed by atoms with Gasteiger partial charge in [-0.1, -0.05) is 34.1 Å². The maximum absolute atomic E-state index is 12.2. The van der Waals surface area contributed by atoms with Crippen LogP contribution in [0.3, 0.4) is 0 Å². The van der Waals surface area contributed by atoms with Crippen molar-refractivity contribution in [3.63, 3.8) is 0 Å². The molecule has 0 amide bonds. The van der Waals surface area contributed by atoms with Crippen molar-refractivity contribution in [3.05, 3.63) is 34.3 Å². The third-order valence-corrected chi connectivity index (χ3v) is 4.74. The number of Topliss-reactive ketones (excluding diaryl/α,β-unsaturated/α-hetero) is 1. The van der Waals surface area contributed by atoms with E-state index in [2.05, 4.69) is 20.8 Å². The number of halogens is 1. The molecule has 2 fully saturated rings. The van der Waals surface area contributed by atoms with Crippen molar-refractivity contribution in [2.45, 2.75) is 25.3 Å². The molecular formula is C14H16BrNO. The Balaban J connectivity index is 1.70. The molecule has 2 nitrogen and oxygen atoms in total. The van der Waals surface area contributed by atoms with Crippen LogP contribution in [0.4, 0.5) is 0 Å². The lowest BCUT2D eigenvalue weighted by atomic mass is 10.1. The minimum absolute atomic E-state index is 0.241. The normalized spacial score (nSPS) is 27.6. The Morgan fingerprint density at radius 3 is 2.82 bits per heavy atom. The van der Waals surface area contributed by atoms with Gasteiger partial charge >= 0.3 is 0 Å². The summed E-state index contributed by atoms with van der Waals surface area (Å²) in [6.45, 7) is 1.71. The predicted molar refractivity (Wildman–Crippen MR) is 71.2 cm³/mol. The van der Waals surface area contributed by atoms with Gasteiger partial charge in [0.1, 0.15) is 0 Å². The molecule has 1 aliphatic carbocycles. The average Bonchev–Trinajstić information content (AvgIpc) is 2.91. The number of nitrogens with zero attached hydrogens (tertiary/aromatic N) is 1. The number of hydrogen-bond donors (Lipinski definition) is 0. The molecule has 2 unspecified atom stereocenters. The highest BCUT2D eigenvalue weighted by molar-refractivity contribution is 9.10. The first-order valence-corrected chi connectivity index (χ1v) is 7.05. The standard InChI is InChI=1S/C14H16BrNO/c15-13-4-2-1-3-12(13)14(17)9-16-8-10-5-6-11(16)7-10/h1-4,10-11H,5-9H2. The lowest BCUT2D eigenvalue weighted by Gasteiger charge is -2.25. The smallest absolute Gasteiger partial charge is 0.177 e. The highest BCUT2D eigenvalue weighted by atomic mass is 79.9. The molecule has 2 bridgehead atoms. The molecule has 2 atom stereocenters. The maximum Gasteiger partial charge on any atom is 0.177 e. The van der Waals surface area contributed by atoms with Gasteiger partial charge < -0.3 is 0 Å². The summed E-state index contributed by atoms with van der Waals surface area (Å²) in [6.07, 6.45) is 3.96. The molecule has 17 heavy (non-hydrogen) atoms. The van der Waals surface area contributed by atoms with E-state index in [-0.39, 0.29) is 5.78 Å². The number of rotatable bonds is 3. The zero-order valence-corrected chi connectivity index (χ0v) is 11.3. The molecule has 1 aromatic rings. The highest BCUT2D eigenvalue weighted by Gasteiger charge is 2.38. The largest absolute Gasteiger partial charge is 0.293 e. The molecule has 90 valence electrons. The SMILES string of the molecule is O=C(CN1CC2CCC1C2)c1ccccc1Br. The summed E-state index contributed by atoms with van der Waals surface area (Å²) in [5.41, 5.74) is 0.815. The molecule has 0 N–H and O–H groups in total. The Kier molecular flexibility index (Phi) is 3.05. The van der Waals surface area contributed by atoms with Crippen molar-refractivity contribution < 1.29 is 4.79 Å². The Morgan fingerprint density at radius 2 is 2.18 bits per heavy atom. The van der Waals surface area contributed by atoms with E-state index in [0.717, 1.165) is 22.5 Å². The molecule has 0 radical (unpaired) electrons. The highest BCUT2D eigenvalue weighted by Crippen LogP contribution is 2.37. The number of carbonyl (C=O) groups is 1. The number of fused-ring (bicyclic) bond motifs is 2. The Hall–Kier alpha value is -0.670. The van der Waals surface area contributed by atoms with Gasteiger partial charge in [-0.2, -0.15) is 0 Å². The van der Waals surface area contributed by atoms with Gasteiger partial charge in [0.05, 0.1) is 6.54 Å². The van der Waals surface area contributed by atoms with Crippen LogP contribution in [-0.4, -0.2) is 29.8 Å². The molecule has 1 aromatic carbocycles. The zero-order chi connectivity index (χ0) is 11.8. The van der Waals surface area contributed by atoms with Crippen LogP contribution in [0, 0.1) is 5.92 Å². The third-order valence-electron chi connectivity index (χ3n) is 4.04. The molecule has 3 heteroatoms. The predicted octanol–water partition coefficient (Wildman–Crippen LogP) is 3.12. The third kappa shape index (κ3) is 2.18. The molecule has 1 saturated heterocycles. The van der Waals surface area contributed by atoms with Crippen LogP contribution in [0.5, 0.6) is 0 Å². The summed E-state index contributed by atoms with van der Waals surface area (Å²) in [6, 6.07) is 8.38. The van der Waals surface area contributed by atoms with E-state index in [1.165, 1.54) is 19.3 Å². The lowest BCUT2D eigenvalue weighted by Crippen LogP contribution is -2.36. The van der Waals surface area contributed by atoms with Gasteiger partial charge in [0.2, 0.25) is 0 Å². The van der Waals surface area contributed by atoms with Crippen molar-refractivity contribution in [1.82, 2.24) is 4.90 Å². The second-order valence-corrected chi connectivity index (χ2v) is 6.02. The van der Waals surface area contributed by atoms with Gasteiger partial charge in [-0.3, -0.25) is 9.69 Å². The van der Waals surface area contributed by atoms with Crippen LogP contribution in [0.15, 0.2) is 28.7 Å². The topological polar surface area (TPSA) is 20.3 Å². The summed E-state index contributed by atoms with van der Waals surface area (Å²) < 4.78 is 0.911. The van der Waals surface area contributed by atoms with Crippen molar-refractivity contribution in [3.8, 4) is 0 Å². The first-order chi connectivity index (χ1) is 8.24. The number of carbonyl (C=O) groups excluding carboxylic acids is 1. The molecule has 1 aliphatic heterocycles. The molecule has 3 rings (SSSR count). The number of benzene rings is 1. The zero-order valence-electron chi connectivity index (χ0n) is 9.73. The molecule has 0 spiro atoms. The van der Waals surface area contributed by atoms with Gasteiger partial charge in [0, 0.05) is 22.6 Å². The van der Waals surface area contributed by atoms with Gasteiger partial charge in [0.25, 0.3) is 0 Å². The first-order valence-electron chi connectivity index (χ1n) is 6.26. The monoisotopic (exact) mass is 293 g/mol. The molecule has 1 saturated carbocycles. The van der Waals surface area contributed by atoms with Gasteiger partial charge in [-0.25, -0.2) is 0 Å². The van der Waals surface area contributed by atoms with E-state index >= 15 is 0 Å². The van der Waals surface area contributed by atoms with Crippen LogP contribution in [-0.2, 0) is 0 Å². The Morgan fingerprint density at radius 1 is 1.35 bits per heavy atom. The van der Waals surface area contributed by atoms with Crippen LogP contribution in [0.1, 0.15) is 29.6 Å². The average molecular weight is 294 g/mol. The second kappa shape index (κ2) is 4.54. The molecule has 0 aromatic heterocycles. The second-order valence-electron chi connectivity index (χ2n) is 5.17. The molecule has 1 heterocycles. The van der Waals surface area contributed by atoms with Crippen LogP contribution in [0.2, 0.25) is 0 Å². The van der Waals surface area contributed by atoms with Crippen molar-refractivity contribution >= 4 is 21.7 Å². The fourth-order valence-corrected chi connectivity index (χ4v) is 3.68. The number of likely N-dealkylation sites (tertiary alicyclic amines) is 1. The quantitative estimate of drug-likeness (QED) is 0.798. The number of hydrogen-bond acceptors (Lipinski definition) is 2. The summed E-state index contributed by atoms with van der Waals surface area (Å²) in [5.74, 6) is 1.09. The van der Waals surface area contributed by atoms with Crippen LogP contribution < -0.4 is 0 Å². The molecular weight excluding hydrogens is 278 g/mol. The summed E-state index contributed by atoms with van der Waals surface area (Å²) in [4.78, 5) is 14.6. The van der Waals surface area contributed by atoms with Gasteiger partial charge in [-0.15, -0.1) is 0 Å². The summed E-state index contributed by atoms with van der Waals surface area (Å²) >= 11 is 3.45. The Labute approximate surface area is 110 Å². The fourth-order valence-electron chi connectivity index (χ4n) is 3.18. The van der Waals surface area contributed by atoms with Crippen molar-refractivity contribution in [1.29, 1.82) is 0 Å². The number of piperidine rings is 1. The number of ketones is 1. The fraction of sp³-hybridized carbons (Fsp3) is 0.500. The Bertz CT molecular complexity index is 446. The van der Waals surface area contributed by atoms with E-state index in [1.54, 1.807) is 0 Å². The molecule has 2 aliphatic rings. The van der Waals surface area contributed by atoms with Crippen molar-refractivity contribution in [2.24, 2.45) is 5.92 Å². The minimum Gasteiger partial charge on any atom is -0.293 e. The summed E-state index contributed by atoms with van der Waals surface area (Å²) in [5, 5.41) is 0. The van der Waals surface area contributed by atoms with Gasteiger partial charge in [-0.05, 0) is 31.2 Å². The van der Waals surface area contributed by atoms with E-state index in [4.69, 9.17) is 0 Å². The maximum atomic E-state index is 12.2. The van der Waals surface area contributed by atoms with E-state index in [1.807, 2.05) is 24.3 Å². The van der Waals surface area contributed by atoms with E-state index in [9.17, 15) is 4.79 Å². The van der Waals surface area contributed by atoms with Crippen LogP contribution in [0.25, 0.3) is 0 Å². The van der Waals surface area contributed by atoms with Crippen LogP contribution >= 0.6 is 15.9 Å². The first kappa shape index (κ1) is 11.4. The van der Waals surface area contributed by atoms with Gasteiger partial charge in [0.15, 0.2) is 5.78 Å². The van der Waals surface area contributed by atoms with E-state index in [0.29, 0.717) is 12.6 Å². The van der Waals surface area contributed by atoms with E-state index < -0.39 is 0 Å². The van der Waals surface area contributed by atoms with Crippen molar-refractivity contribution in [2.75, 3.05) is 13.1 Å².